The number of halogens is 2. The molecule has 0 aromatic heterocycles. The molecule has 3 amide bonds. The average Bonchev–Trinajstić information content (AvgIpc) is 3.30. The first-order valence-electron chi connectivity index (χ1n) is 11.0. The standard InChI is InChI=1S/C22H29F2N3O3/c23-17-5-6-20(19(24)14-17)30-18-7-12-25(13-8-18)21(28)16-4-3-11-27(15-16)22(29)26-9-1-2-10-26/h5-6,14,16,18H,1-4,7-13,15H2. The molecule has 0 bridgehead atoms. The van der Waals surface area contributed by atoms with Gasteiger partial charge in [0.05, 0.1) is 5.92 Å². The van der Waals surface area contributed by atoms with Gasteiger partial charge in [-0.25, -0.2) is 13.6 Å². The second kappa shape index (κ2) is 9.18. The van der Waals surface area contributed by atoms with Crippen molar-refractivity contribution in [3.8, 4) is 5.75 Å². The highest BCUT2D eigenvalue weighted by molar-refractivity contribution is 5.81. The molecule has 3 aliphatic rings. The Kier molecular flexibility index (Phi) is 6.39. The van der Waals surface area contributed by atoms with E-state index in [1.54, 1.807) is 0 Å². The molecular weight excluding hydrogens is 392 g/mol. The number of hydrogen-bond acceptors (Lipinski definition) is 3. The first kappa shape index (κ1) is 20.9. The van der Waals surface area contributed by atoms with Crippen molar-refractivity contribution in [2.75, 3.05) is 39.3 Å². The number of carbonyl (C=O) groups excluding carboxylic acids is 2. The number of urea groups is 1. The molecule has 1 aromatic rings. The summed E-state index contributed by atoms with van der Waals surface area (Å²) in [4.78, 5) is 31.3. The Morgan fingerprint density at radius 3 is 2.27 bits per heavy atom. The van der Waals surface area contributed by atoms with Crippen molar-refractivity contribution in [3.63, 3.8) is 0 Å². The van der Waals surface area contributed by atoms with Crippen LogP contribution in [-0.4, -0.2) is 72.0 Å². The molecule has 4 rings (SSSR count). The third-order valence-corrected chi connectivity index (χ3v) is 6.36. The zero-order valence-corrected chi connectivity index (χ0v) is 17.2. The average molecular weight is 421 g/mol. The van der Waals surface area contributed by atoms with Gasteiger partial charge >= 0.3 is 6.03 Å². The van der Waals surface area contributed by atoms with E-state index in [2.05, 4.69) is 0 Å². The fourth-order valence-corrected chi connectivity index (χ4v) is 4.66. The molecule has 6 nitrogen and oxygen atoms in total. The second-order valence-corrected chi connectivity index (χ2v) is 8.48. The predicted octanol–water partition coefficient (Wildman–Crippen LogP) is 3.26. The third-order valence-electron chi connectivity index (χ3n) is 6.36. The molecule has 1 unspecified atom stereocenters. The first-order chi connectivity index (χ1) is 14.5. The van der Waals surface area contributed by atoms with E-state index in [1.807, 2.05) is 14.7 Å². The molecule has 8 heteroatoms. The van der Waals surface area contributed by atoms with Crippen LogP contribution in [0.2, 0.25) is 0 Å². The lowest BCUT2D eigenvalue weighted by molar-refractivity contribution is -0.138. The van der Waals surface area contributed by atoms with Gasteiger partial charge in [-0.2, -0.15) is 0 Å². The number of carbonyl (C=O) groups is 2. The fourth-order valence-electron chi connectivity index (χ4n) is 4.66. The highest BCUT2D eigenvalue weighted by Crippen LogP contribution is 2.26. The molecule has 164 valence electrons. The summed E-state index contributed by atoms with van der Waals surface area (Å²) in [5.74, 6) is -1.36. The van der Waals surface area contributed by atoms with Crippen LogP contribution < -0.4 is 4.74 Å². The van der Waals surface area contributed by atoms with Crippen molar-refractivity contribution in [1.29, 1.82) is 0 Å². The quantitative estimate of drug-likeness (QED) is 0.753. The van der Waals surface area contributed by atoms with Crippen LogP contribution in [0.25, 0.3) is 0 Å². The van der Waals surface area contributed by atoms with E-state index in [-0.39, 0.29) is 29.7 Å². The van der Waals surface area contributed by atoms with E-state index in [0.29, 0.717) is 32.5 Å². The molecule has 30 heavy (non-hydrogen) atoms. The van der Waals surface area contributed by atoms with Crippen LogP contribution in [0.15, 0.2) is 18.2 Å². The lowest BCUT2D eigenvalue weighted by Crippen LogP contribution is -2.51. The van der Waals surface area contributed by atoms with Crippen LogP contribution >= 0.6 is 0 Å². The van der Waals surface area contributed by atoms with Gasteiger partial charge in [0, 0.05) is 58.2 Å². The first-order valence-corrected chi connectivity index (χ1v) is 11.0. The molecule has 1 aromatic carbocycles. The van der Waals surface area contributed by atoms with Crippen LogP contribution in [0.3, 0.4) is 0 Å². The normalized spacial score (nSPS) is 23.0. The summed E-state index contributed by atoms with van der Waals surface area (Å²) in [6.45, 7) is 3.93. The molecular formula is C22H29F2N3O3. The maximum absolute atomic E-state index is 13.8. The second-order valence-electron chi connectivity index (χ2n) is 8.48. The summed E-state index contributed by atoms with van der Waals surface area (Å²) < 4.78 is 32.5. The van der Waals surface area contributed by atoms with E-state index in [1.165, 1.54) is 12.1 Å². The largest absolute Gasteiger partial charge is 0.487 e. The van der Waals surface area contributed by atoms with Gasteiger partial charge in [0.1, 0.15) is 11.9 Å². The van der Waals surface area contributed by atoms with Crippen LogP contribution in [0.4, 0.5) is 13.6 Å². The molecule has 0 radical (unpaired) electrons. The Morgan fingerprint density at radius 1 is 0.867 bits per heavy atom. The van der Waals surface area contributed by atoms with Crippen molar-refractivity contribution >= 4 is 11.9 Å². The van der Waals surface area contributed by atoms with Gasteiger partial charge < -0.3 is 19.4 Å². The maximum atomic E-state index is 13.8. The Balaban J connectivity index is 1.27. The van der Waals surface area contributed by atoms with Crippen LogP contribution in [0.1, 0.15) is 38.5 Å². The van der Waals surface area contributed by atoms with E-state index in [9.17, 15) is 18.4 Å². The van der Waals surface area contributed by atoms with E-state index >= 15 is 0 Å². The summed E-state index contributed by atoms with van der Waals surface area (Å²) in [7, 11) is 0. The predicted molar refractivity (Wildman–Crippen MR) is 107 cm³/mol. The summed E-state index contributed by atoms with van der Waals surface area (Å²) >= 11 is 0. The van der Waals surface area contributed by atoms with Gasteiger partial charge in [0.15, 0.2) is 11.6 Å². The zero-order chi connectivity index (χ0) is 21.1. The van der Waals surface area contributed by atoms with Crippen molar-refractivity contribution in [2.45, 2.75) is 44.6 Å². The van der Waals surface area contributed by atoms with Gasteiger partial charge in [-0.05, 0) is 37.8 Å². The number of benzene rings is 1. The molecule has 3 saturated heterocycles. The molecule has 0 saturated carbocycles. The van der Waals surface area contributed by atoms with Gasteiger partial charge in [-0.3, -0.25) is 4.79 Å². The lowest BCUT2D eigenvalue weighted by Gasteiger charge is -2.38. The molecule has 0 N–H and O–H groups in total. The van der Waals surface area contributed by atoms with Gasteiger partial charge in [-0.15, -0.1) is 0 Å². The summed E-state index contributed by atoms with van der Waals surface area (Å²) in [6.07, 6.45) is 4.77. The number of nitrogens with zero attached hydrogens (tertiary/aromatic N) is 3. The number of amides is 3. The van der Waals surface area contributed by atoms with Crippen LogP contribution in [-0.2, 0) is 4.79 Å². The minimum Gasteiger partial charge on any atom is -0.487 e. The third kappa shape index (κ3) is 4.68. The maximum Gasteiger partial charge on any atom is 0.320 e. The monoisotopic (exact) mass is 421 g/mol. The zero-order valence-electron chi connectivity index (χ0n) is 17.2. The van der Waals surface area contributed by atoms with Crippen molar-refractivity contribution in [1.82, 2.24) is 14.7 Å². The van der Waals surface area contributed by atoms with Crippen LogP contribution in [0.5, 0.6) is 5.75 Å². The van der Waals surface area contributed by atoms with Gasteiger partial charge in [0.25, 0.3) is 0 Å². The Labute approximate surface area is 175 Å². The van der Waals surface area contributed by atoms with Crippen molar-refractivity contribution in [2.24, 2.45) is 5.92 Å². The minimum atomic E-state index is -0.710. The van der Waals surface area contributed by atoms with Crippen molar-refractivity contribution in [3.05, 3.63) is 29.8 Å². The summed E-state index contributed by atoms with van der Waals surface area (Å²) in [6, 6.07) is 3.36. The Bertz CT molecular complexity index is 777. The van der Waals surface area contributed by atoms with E-state index in [0.717, 1.165) is 51.4 Å². The Hall–Kier alpha value is -2.38. The molecule has 1 atom stereocenters. The van der Waals surface area contributed by atoms with Gasteiger partial charge in [0.2, 0.25) is 5.91 Å². The summed E-state index contributed by atoms with van der Waals surface area (Å²) in [5, 5.41) is 0. The topological polar surface area (TPSA) is 53.1 Å². The smallest absolute Gasteiger partial charge is 0.320 e. The molecule has 0 aliphatic carbocycles. The molecule has 3 fully saturated rings. The van der Waals surface area contributed by atoms with Gasteiger partial charge in [-0.1, -0.05) is 0 Å². The fraction of sp³-hybridized carbons (Fsp3) is 0.636. The summed E-state index contributed by atoms with van der Waals surface area (Å²) in [5.41, 5.74) is 0. The lowest BCUT2D eigenvalue weighted by atomic mass is 9.95. The molecule has 3 heterocycles. The van der Waals surface area contributed by atoms with E-state index in [4.69, 9.17) is 4.74 Å². The highest BCUT2D eigenvalue weighted by Gasteiger charge is 2.35. The number of hydrogen-bond donors (Lipinski definition) is 0. The minimum absolute atomic E-state index is 0.0459. The highest BCUT2D eigenvalue weighted by atomic mass is 19.1. The number of ether oxygens (including phenoxy) is 1. The Morgan fingerprint density at radius 2 is 1.57 bits per heavy atom. The van der Waals surface area contributed by atoms with E-state index < -0.39 is 11.6 Å². The number of likely N-dealkylation sites (tertiary alicyclic amines) is 3. The van der Waals surface area contributed by atoms with Crippen LogP contribution in [0, 0.1) is 17.6 Å². The molecule has 0 spiro atoms. The SMILES string of the molecule is O=C(C1CCCN(C(=O)N2CCCC2)C1)N1CCC(Oc2ccc(F)cc2F)CC1. The number of piperidine rings is 2. The molecule has 3 aliphatic heterocycles. The number of rotatable bonds is 3. The van der Waals surface area contributed by atoms with Crippen molar-refractivity contribution < 1.29 is 23.1 Å².